The lowest BCUT2D eigenvalue weighted by atomic mass is 9.75. The lowest BCUT2D eigenvalue weighted by Crippen LogP contribution is -2.24. The maximum absolute atomic E-state index is 2.41. The summed E-state index contributed by atoms with van der Waals surface area (Å²) in [5, 5.41) is 0. The zero-order chi connectivity index (χ0) is 14.4. The maximum Gasteiger partial charge on any atom is 0.0104 e. The largest absolute Gasteiger partial charge is 0.125 e. The normalized spacial score (nSPS) is 17.6. The SMILES string of the molecule is CCCCC1(CCCC)CCc2cc(C)ccc2SC1. The van der Waals surface area contributed by atoms with E-state index in [1.54, 1.807) is 10.5 Å². The van der Waals surface area contributed by atoms with Gasteiger partial charge in [-0.25, -0.2) is 0 Å². The van der Waals surface area contributed by atoms with Gasteiger partial charge >= 0.3 is 0 Å². The van der Waals surface area contributed by atoms with Gasteiger partial charge in [-0.2, -0.15) is 0 Å². The molecule has 0 radical (unpaired) electrons. The minimum absolute atomic E-state index is 0.601. The number of fused-ring (bicyclic) bond motifs is 1. The van der Waals surface area contributed by atoms with Crippen LogP contribution in [0.15, 0.2) is 23.1 Å². The van der Waals surface area contributed by atoms with Crippen molar-refractivity contribution in [2.75, 3.05) is 5.75 Å². The Labute approximate surface area is 129 Å². The standard InChI is InChI=1S/C19H30S/c1-4-6-11-19(12-7-5-2)13-10-17-14-16(3)8-9-18(17)20-15-19/h8-9,14H,4-7,10-13,15H2,1-3H3. The van der Waals surface area contributed by atoms with Crippen LogP contribution in [0.2, 0.25) is 0 Å². The molecule has 0 aliphatic carbocycles. The van der Waals surface area contributed by atoms with Crippen LogP contribution in [0.4, 0.5) is 0 Å². The second-order valence-electron chi connectivity index (χ2n) is 6.61. The van der Waals surface area contributed by atoms with Gasteiger partial charge in [-0.05, 0) is 49.7 Å². The predicted molar refractivity (Wildman–Crippen MR) is 91.7 cm³/mol. The molecule has 20 heavy (non-hydrogen) atoms. The summed E-state index contributed by atoms with van der Waals surface area (Å²) in [6.07, 6.45) is 11.0. The van der Waals surface area contributed by atoms with Crippen molar-refractivity contribution in [2.45, 2.75) is 77.0 Å². The summed E-state index contributed by atoms with van der Waals surface area (Å²) >= 11 is 2.13. The van der Waals surface area contributed by atoms with Crippen molar-refractivity contribution in [2.24, 2.45) is 5.41 Å². The third kappa shape index (κ3) is 4.04. The molecule has 0 N–H and O–H groups in total. The van der Waals surface area contributed by atoms with E-state index in [1.165, 1.54) is 62.7 Å². The van der Waals surface area contributed by atoms with Gasteiger partial charge in [0.15, 0.2) is 0 Å². The van der Waals surface area contributed by atoms with Crippen molar-refractivity contribution in [3.8, 4) is 0 Å². The number of unbranched alkanes of at least 4 members (excludes halogenated alkanes) is 2. The summed E-state index contributed by atoms with van der Waals surface area (Å²) in [5.74, 6) is 1.34. The summed E-state index contributed by atoms with van der Waals surface area (Å²) in [6, 6.07) is 7.04. The van der Waals surface area contributed by atoms with Crippen molar-refractivity contribution >= 4 is 11.8 Å². The van der Waals surface area contributed by atoms with Crippen molar-refractivity contribution in [3.63, 3.8) is 0 Å². The van der Waals surface area contributed by atoms with Crippen molar-refractivity contribution in [1.29, 1.82) is 0 Å². The minimum atomic E-state index is 0.601. The molecule has 0 atom stereocenters. The third-order valence-electron chi connectivity index (χ3n) is 4.80. The van der Waals surface area contributed by atoms with Crippen LogP contribution in [0, 0.1) is 12.3 Å². The number of hydrogen-bond donors (Lipinski definition) is 0. The molecule has 1 heteroatoms. The molecule has 1 aromatic carbocycles. The predicted octanol–water partition coefficient (Wildman–Crippen LogP) is 6.40. The Morgan fingerprint density at radius 2 is 1.80 bits per heavy atom. The number of rotatable bonds is 6. The Balaban J connectivity index is 2.12. The van der Waals surface area contributed by atoms with Gasteiger partial charge in [0.1, 0.15) is 0 Å². The average Bonchev–Trinajstić information content (AvgIpc) is 2.64. The average molecular weight is 291 g/mol. The highest BCUT2D eigenvalue weighted by molar-refractivity contribution is 7.99. The van der Waals surface area contributed by atoms with E-state index in [4.69, 9.17) is 0 Å². The molecule has 0 bridgehead atoms. The van der Waals surface area contributed by atoms with E-state index in [2.05, 4.69) is 50.7 Å². The fourth-order valence-electron chi connectivity index (χ4n) is 3.37. The molecule has 0 amide bonds. The zero-order valence-corrected chi connectivity index (χ0v) is 14.3. The van der Waals surface area contributed by atoms with Crippen molar-refractivity contribution in [1.82, 2.24) is 0 Å². The summed E-state index contributed by atoms with van der Waals surface area (Å²) < 4.78 is 0. The van der Waals surface area contributed by atoms with Gasteiger partial charge in [-0.15, -0.1) is 11.8 Å². The van der Waals surface area contributed by atoms with Gasteiger partial charge in [0.2, 0.25) is 0 Å². The molecule has 0 fully saturated rings. The molecule has 0 saturated carbocycles. The van der Waals surface area contributed by atoms with E-state index in [9.17, 15) is 0 Å². The Morgan fingerprint density at radius 1 is 1.10 bits per heavy atom. The molecule has 1 aromatic rings. The van der Waals surface area contributed by atoms with Crippen LogP contribution in [-0.4, -0.2) is 5.75 Å². The summed E-state index contributed by atoms with van der Waals surface area (Å²) in [7, 11) is 0. The van der Waals surface area contributed by atoms with Crippen molar-refractivity contribution in [3.05, 3.63) is 29.3 Å². The highest BCUT2D eigenvalue weighted by Gasteiger charge is 2.31. The van der Waals surface area contributed by atoms with Gasteiger partial charge in [-0.1, -0.05) is 57.2 Å². The molecule has 0 aromatic heterocycles. The molecule has 1 aliphatic rings. The first-order valence-corrected chi connectivity index (χ1v) is 9.40. The first-order valence-electron chi connectivity index (χ1n) is 8.41. The van der Waals surface area contributed by atoms with E-state index in [1.807, 2.05) is 0 Å². The van der Waals surface area contributed by atoms with Crippen LogP contribution in [0.1, 0.15) is 69.9 Å². The van der Waals surface area contributed by atoms with E-state index < -0.39 is 0 Å². The number of thioether (sulfide) groups is 1. The zero-order valence-electron chi connectivity index (χ0n) is 13.5. The topological polar surface area (TPSA) is 0 Å². The Kier molecular flexibility index (Phi) is 6.01. The number of benzene rings is 1. The smallest absolute Gasteiger partial charge is 0.0104 e. The van der Waals surface area contributed by atoms with Gasteiger partial charge < -0.3 is 0 Å². The second-order valence-corrected chi connectivity index (χ2v) is 7.62. The summed E-state index contributed by atoms with van der Waals surface area (Å²) in [6.45, 7) is 6.88. The summed E-state index contributed by atoms with van der Waals surface area (Å²) in [4.78, 5) is 1.55. The molecule has 0 saturated heterocycles. The Hall–Kier alpha value is -0.430. The van der Waals surface area contributed by atoms with Crippen LogP contribution >= 0.6 is 11.8 Å². The molecule has 1 aliphatic heterocycles. The van der Waals surface area contributed by atoms with Crippen LogP contribution in [-0.2, 0) is 6.42 Å². The fourth-order valence-corrected chi connectivity index (χ4v) is 4.78. The van der Waals surface area contributed by atoms with E-state index >= 15 is 0 Å². The quantitative estimate of drug-likeness (QED) is 0.584. The van der Waals surface area contributed by atoms with Crippen LogP contribution in [0.3, 0.4) is 0 Å². The highest BCUT2D eigenvalue weighted by Crippen LogP contribution is 2.44. The molecule has 0 spiro atoms. The van der Waals surface area contributed by atoms with Crippen molar-refractivity contribution < 1.29 is 0 Å². The first kappa shape index (κ1) is 15.9. The molecule has 0 nitrogen and oxygen atoms in total. The maximum atomic E-state index is 2.41. The Morgan fingerprint density at radius 3 is 2.45 bits per heavy atom. The fraction of sp³-hybridized carbons (Fsp3) is 0.684. The monoisotopic (exact) mass is 290 g/mol. The lowest BCUT2D eigenvalue weighted by molar-refractivity contribution is 0.244. The van der Waals surface area contributed by atoms with Crippen LogP contribution in [0.5, 0.6) is 0 Å². The van der Waals surface area contributed by atoms with E-state index in [0.717, 1.165) is 0 Å². The van der Waals surface area contributed by atoms with E-state index in [0.29, 0.717) is 5.41 Å². The second kappa shape index (κ2) is 7.54. The molecule has 1 heterocycles. The number of aryl methyl sites for hydroxylation is 2. The van der Waals surface area contributed by atoms with Gasteiger partial charge in [0, 0.05) is 10.6 Å². The molecule has 0 unspecified atom stereocenters. The molecule has 112 valence electrons. The molecular formula is C19H30S. The van der Waals surface area contributed by atoms with Crippen LogP contribution in [0.25, 0.3) is 0 Å². The first-order chi connectivity index (χ1) is 9.69. The highest BCUT2D eigenvalue weighted by atomic mass is 32.2. The molecular weight excluding hydrogens is 260 g/mol. The summed E-state index contributed by atoms with van der Waals surface area (Å²) in [5.41, 5.74) is 3.62. The van der Waals surface area contributed by atoms with Gasteiger partial charge in [0.05, 0.1) is 0 Å². The minimum Gasteiger partial charge on any atom is -0.125 e. The Bertz CT molecular complexity index is 414. The van der Waals surface area contributed by atoms with E-state index in [-0.39, 0.29) is 0 Å². The van der Waals surface area contributed by atoms with Gasteiger partial charge in [-0.3, -0.25) is 0 Å². The van der Waals surface area contributed by atoms with Gasteiger partial charge in [0.25, 0.3) is 0 Å². The van der Waals surface area contributed by atoms with Crippen LogP contribution < -0.4 is 0 Å². The third-order valence-corrected chi connectivity index (χ3v) is 6.26. The molecule has 2 rings (SSSR count). The number of hydrogen-bond acceptors (Lipinski definition) is 1. The lowest BCUT2D eigenvalue weighted by Gasteiger charge is -2.32.